The van der Waals surface area contributed by atoms with Crippen LogP contribution in [0.2, 0.25) is 0 Å². The molecular formula is C23H30O7S2. The maximum absolute atomic E-state index is 12.0. The lowest BCUT2D eigenvalue weighted by Gasteiger charge is -2.49. The molecule has 0 amide bonds. The van der Waals surface area contributed by atoms with E-state index in [1.807, 2.05) is 0 Å². The fourth-order valence-corrected chi connectivity index (χ4v) is 12.4. The first kappa shape index (κ1) is 19.8. The van der Waals surface area contributed by atoms with E-state index in [9.17, 15) is 16.8 Å². The van der Waals surface area contributed by atoms with Gasteiger partial charge >= 0.3 is 0 Å². The van der Waals surface area contributed by atoms with E-state index in [1.165, 1.54) is 12.8 Å². The van der Waals surface area contributed by atoms with Gasteiger partial charge in [0.05, 0.1) is 24.7 Å². The molecule has 8 bridgehead atoms. The maximum Gasteiger partial charge on any atom is 0.264 e. The average molecular weight is 483 g/mol. The van der Waals surface area contributed by atoms with Gasteiger partial charge in [0.15, 0.2) is 0 Å². The van der Waals surface area contributed by atoms with Crippen molar-refractivity contribution in [3.63, 3.8) is 0 Å². The summed E-state index contributed by atoms with van der Waals surface area (Å²) >= 11 is 0. The van der Waals surface area contributed by atoms with Gasteiger partial charge in [0, 0.05) is 0 Å². The predicted octanol–water partition coefficient (Wildman–Crippen LogP) is 1.66. The lowest BCUT2D eigenvalue weighted by molar-refractivity contribution is -0.0550. The van der Waals surface area contributed by atoms with Crippen molar-refractivity contribution < 1.29 is 29.9 Å². The Morgan fingerprint density at radius 3 is 1.47 bits per heavy atom. The van der Waals surface area contributed by atoms with Gasteiger partial charge in [0.2, 0.25) is 0 Å². The summed E-state index contributed by atoms with van der Waals surface area (Å²) in [5.74, 6) is 6.31. The zero-order valence-electron chi connectivity index (χ0n) is 18.2. The number of rotatable bonds is 4. The van der Waals surface area contributed by atoms with Gasteiger partial charge in [-0.2, -0.15) is 16.8 Å². The van der Waals surface area contributed by atoms with E-state index in [0.717, 1.165) is 54.4 Å². The highest BCUT2D eigenvalue weighted by Crippen LogP contribution is 2.77. The number of ether oxygens (including phenoxy) is 1. The largest absolute Gasteiger partial charge is 0.374 e. The molecule has 0 spiro atoms. The fraction of sp³-hybridized carbons (Fsp3) is 0.913. The molecule has 16 atom stereocenters. The van der Waals surface area contributed by atoms with Crippen molar-refractivity contribution in [1.82, 2.24) is 0 Å². The van der Waals surface area contributed by atoms with E-state index >= 15 is 0 Å². The van der Waals surface area contributed by atoms with E-state index in [0.29, 0.717) is 11.8 Å². The normalized spacial score (nSPS) is 62.2. The van der Waals surface area contributed by atoms with E-state index in [1.54, 1.807) is 0 Å². The van der Waals surface area contributed by atoms with Crippen molar-refractivity contribution >= 4 is 20.2 Å². The lowest BCUT2D eigenvalue weighted by Crippen LogP contribution is -2.55. The second kappa shape index (κ2) is 5.83. The van der Waals surface area contributed by atoms with Gasteiger partial charge in [-0.25, -0.2) is 0 Å². The van der Waals surface area contributed by atoms with Crippen LogP contribution in [-0.2, 0) is 33.3 Å². The van der Waals surface area contributed by atoms with Gasteiger partial charge in [-0.1, -0.05) is 12.2 Å². The second-order valence-corrected chi connectivity index (χ2v) is 15.3. The van der Waals surface area contributed by atoms with Crippen molar-refractivity contribution in [3.05, 3.63) is 12.2 Å². The van der Waals surface area contributed by atoms with Gasteiger partial charge in [0.1, 0.15) is 12.2 Å². The van der Waals surface area contributed by atoms with Crippen molar-refractivity contribution in [3.8, 4) is 0 Å². The maximum atomic E-state index is 12.0. The third-order valence-electron chi connectivity index (χ3n) is 11.1. The molecule has 0 aromatic heterocycles. The third-order valence-corrected chi connectivity index (χ3v) is 12.2. The fourth-order valence-electron chi connectivity index (χ4n) is 11.1. The first-order valence-electron chi connectivity index (χ1n) is 12.2. The number of hydrogen-bond acceptors (Lipinski definition) is 7. The van der Waals surface area contributed by atoms with Crippen LogP contribution in [0.3, 0.4) is 0 Å². The molecule has 16 unspecified atom stereocenters. The van der Waals surface area contributed by atoms with Crippen LogP contribution >= 0.6 is 0 Å². The number of allylic oxidation sites excluding steroid dienone is 2. The van der Waals surface area contributed by atoms with Gasteiger partial charge in [0.25, 0.3) is 20.2 Å². The Morgan fingerprint density at radius 1 is 0.625 bits per heavy atom. The van der Waals surface area contributed by atoms with Crippen LogP contribution in [0.15, 0.2) is 12.2 Å². The molecule has 176 valence electrons. The van der Waals surface area contributed by atoms with Crippen molar-refractivity contribution in [2.24, 2.45) is 71.0 Å². The molecule has 7 fully saturated rings. The van der Waals surface area contributed by atoms with Crippen molar-refractivity contribution in [1.29, 1.82) is 0 Å². The average Bonchev–Trinajstić information content (AvgIpc) is 3.46. The molecule has 0 N–H and O–H groups in total. The topological polar surface area (TPSA) is 96.0 Å². The quantitative estimate of drug-likeness (QED) is 0.342. The van der Waals surface area contributed by atoms with Gasteiger partial charge in [-0.15, -0.1) is 0 Å². The Morgan fingerprint density at radius 2 is 1.03 bits per heavy atom. The molecule has 0 radical (unpaired) electrons. The molecule has 9 heteroatoms. The molecule has 2 heterocycles. The van der Waals surface area contributed by atoms with Crippen LogP contribution in [-0.4, -0.2) is 53.8 Å². The minimum atomic E-state index is -3.73. The molecule has 0 aromatic rings. The summed E-state index contributed by atoms with van der Waals surface area (Å²) in [6, 6.07) is 0. The molecule has 6 aliphatic carbocycles. The van der Waals surface area contributed by atoms with Gasteiger partial charge < -0.3 is 4.74 Å². The van der Waals surface area contributed by atoms with Crippen LogP contribution in [0, 0.1) is 71.0 Å². The standard InChI is InChI=1S/C23H30O7S2/c1-31(24,25)29-20-12-7-13(21(20)30-32(2,26)27)19-18(12)22-16-10-6-11(17(16)23(19)28-22)15-9-4-3-8(5-9)14(10)15/h3-4,8-23H,5-7H2,1-2H3. The van der Waals surface area contributed by atoms with Crippen LogP contribution in [0.4, 0.5) is 0 Å². The Balaban J connectivity index is 1.16. The van der Waals surface area contributed by atoms with E-state index in [2.05, 4.69) is 12.2 Å². The smallest absolute Gasteiger partial charge is 0.264 e. The molecule has 2 saturated heterocycles. The van der Waals surface area contributed by atoms with Gasteiger partial charge in [-0.05, 0) is 90.3 Å². The summed E-state index contributed by atoms with van der Waals surface area (Å²) in [7, 11) is -7.45. The molecular weight excluding hydrogens is 452 g/mol. The highest BCUT2D eigenvalue weighted by molar-refractivity contribution is 7.86. The number of fused-ring (bicyclic) bond motifs is 23. The van der Waals surface area contributed by atoms with Gasteiger partial charge in [-0.3, -0.25) is 8.37 Å². The summed E-state index contributed by atoms with van der Waals surface area (Å²) in [5, 5.41) is 0. The molecule has 5 saturated carbocycles. The van der Waals surface area contributed by atoms with Crippen molar-refractivity contribution in [2.75, 3.05) is 12.5 Å². The second-order valence-electron chi connectivity index (χ2n) is 12.1. The summed E-state index contributed by atoms with van der Waals surface area (Å²) in [6.45, 7) is 0. The highest BCUT2D eigenvalue weighted by atomic mass is 32.2. The minimum Gasteiger partial charge on any atom is -0.374 e. The first-order valence-corrected chi connectivity index (χ1v) is 15.8. The zero-order chi connectivity index (χ0) is 21.9. The third kappa shape index (κ3) is 2.28. The van der Waals surface area contributed by atoms with Crippen LogP contribution in [0.25, 0.3) is 0 Å². The minimum absolute atomic E-state index is 0.0164. The van der Waals surface area contributed by atoms with Crippen molar-refractivity contribution in [2.45, 2.75) is 43.7 Å². The Bertz CT molecular complexity index is 1050. The van der Waals surface area contributed by atoms with Crippen LogP contribution in [0.5, 0.6) is 0 Å². The predicted molar refractivity (Wildman–Crippen MR) is 113 cm³/mol. The molecule has 8 aliphatic rings. The zero-order valence-corrected chi connectivity index (χ0v) is 19.8. The monoisotopic (exact) mass is 482 g/mol. The number of hydrogen-bond donors (Lipinski definition) is 0. The molecule has 2 aliphatic heterocycles. The molecule has 0 aromatic carbocycles. The first-order chi connectivity index (χ1) is 15.1. The van der Waals surface area contributed by atoms with E-state index in [-0.39, 0.29) is 35.9 Å². The lowest BCUT2D eigenvalue weighted by atomic mass is 9.55. The van der Waals surface area contributed by atoms with E-state index < -0.39 is 32.4 Å². The van der Waals surface area contributed by atoms with E-state index in [4.69, 9.17) is 13.1 Å². The van der Waals surface area contributed by atoms with Crippen LogP contribution < -0.4 is 0 Å². The molecule has 7 nitrogen and oxygen atoms in total. The summed E-state index contributed by atoms with van der Waals surface area (Å²) in [6.07, 6.45) is 9.36. The SMILES string of the molecule is CS(=O)(=O)OC1C2CC(C1OS(C)(=O)=O)C1C3OC(C21)C1C2CC(C4C5C=CC(C5)C24)C31. The Kier molecular flexibility index (Phi) is 3.61. The van der Waals surface area contributed by atoms with Crippen LogP contribution in [0.1, 0.15) is 19.3 Å². The Labute approximate surface area is 189 Å². The summed E-state index contributed by atoms with van der Waals surface area (Å²) in [5.41, 5.74) is 0. The summed E-state index contributed by atoms with van der Waals surface area (Å²) in [4.78, 5) is 0. The molecule has 8 rings (SSSR count). The summed E-state index contributed by atoms with van der Waals surface area (Å²) < 4.78 is 66.0. The molecule has 32 heavy (non-hydrogen) atoms. The Hall–Kier alpha value is -0.480. The highest BCUT2D eigenvalue weighted by Gasteiger charge is 2.78.